The Morgan fingerprint density at radius 3 is 2.54 bits per heavy atom. The number of fused-ring (bicyclic) bond motifs is 1. The van der Waals surface area contributed by atoms with Crippen LogP contribution in [0.2, 0.25) is 0 Å². The highest BCUT2D eigenvalue weighted by Gasteiger charge is 2.34. The van der Waals surface area contributed by atoms with Crippen LogP contribution in [0, 0.1) is 0 Å². The highest BCUT2D eigenvalue weighted by molar-refractivity contribution is 6.03. The zero-order valence-corrected chi connectivity index (χ0v) is 16.9. The van der Waals surface area contributed by atoms with Crippen LogP contribution in [0.5, 0.6) is 0 Å². The quantitative estimate of drug-likeness (QED) is 0.864. The molecule has 0 saturated carbocycles. The van der Waals surface area contributed by atoms with E-state index < -0.39 is 17.7 Å². The van der Waals surface area contributed by atoms with Crippen molar-refractivity contribution in [3.63, 3.8) is 0 Å². The summed E-state index contributed by atoms with van der Waals surface area (Å²) in [6, 6.07) is 6.88. The number of nitrogens with zero attached hydrogens (tertiary/aromatic N) is 2. The average Bonchev–Trinajstić information content (AvgIpc) is 3.12. The Balaban J connectivity index is 1.80. The molecular formula is C21H29N3O4. The molecule has 1 N–H and O–H groups in total. The van der Waals surface area contributed by atoms with Crippen molar-refractivity contribution in [2.45, 2.75) is 58.1 Å². The van der Waals surface area contributed by atoms with Crippen LogP contribution in [-0.4, -0.2) is 54.1 Å². The number of para-hydroxylation sites is 1. The maximum atomic E-state index is 13.2. The largest absolute Gasteiger partial charge is 0.444 e. The molecule has 7 heteroatoms. The lowest BCUT2D eigenvalue weighted by Crippen LogP contribution is -2.51. The third kappa shape index (κ3) is 4.82. The smallest absolute Gasteiger partial charge is 0.408 e. The van der Waals surface area contributed by atoms with E-state index in [4.69, 9.17) is 4.74 Å². The Morgan fingerprint density at radius 2 is 1.86 bits per heavy atom. The van der Waals surface area contributed by atoms with Gasteiger partial charge in [0.05, 0.1) is 0 Å². The molecule has 0 aromatic heterocycles. The minimum absolute atomic E-state index is 0.0116. The van der Waals surface area contributed by atoms with Gasteiger partial charge in [-0.05, 0) is 58.1 Å². The number of ether oxygens (including phenoxy) is 1. The lowest BCUT2D eigenvalue weighted by molar-refractivity contribution is -0.130. The first-order valence-electron chi connectivity index (χ1n) is 9.91. The molecule has 28 heavy (non-hydrogen) atoms. The molecule has 2 aliphatic rings. The van der Waals surface area contributed by atoms with Crippen molar-refractivity contribution in [1.29, 1.82) is 0 Å². The molecule has 2 heterocycles. The average molecular weight is 387 g/mol. The number of nitrogens with one attached hydrogen (secondary N) is 1. The summed E-state index contributed by atoms with van der Waals surface area (Å²) >= 11 is 0. The second-order valence-corrected chi connectivity index (χ2v) is 8.38. The van der Waals surface area contributed by atoms with Gasteiger partial charge in [-0.3, -0.25) is 9.59 Å². The number of hydrogen-bond acceptors (Lipinski definition) is 4. The van der Waals surface area contributed by atoms with Crippen LogP contribution >= 0.6 is 0 Å². The van der Waals surface area contributed by atoms with Crippen molar-refractivity contribution in [1.82, 2.24) is 10.2 Å². The van der Waals surface area contributed by atoms with Crippen molar-refractivity contribution < 1.29 is 19.1 Å². The van der Waals surface area contributed by atoms with Gasteiger partial charge in [0, 0.05) is 18.8 Å². The fourth-order valence-electron chi connectivity index (χ4n) is 3.66. The molecule has 1 aromatic carbocycles. The van der Waals surface area contributed by atoms with E-state index >= 15 is 0 Å². The maximum absolute atomic E-state index is 13.2. The molecule has 1 atom stereocenters. The van der Waals surface area contributed by atoms with Crippen molar-refractivity contribution in [2.75, 3.05) is 24.5 Å². The van der Waals surface area contributed by atoms with Crippen LogP contribution in [0.3, 0.4) is 0 Å². The summed E-state index contributed by atoms with van der Waals surface area (Å²) in [7, 11) is 0. The van der Waals surface area contributed by atoms with Gasteiger partial charge in [0.2, 0.25) is 11.8 Å². The number of benzene rings is 1. The summed E-state index contributed by atoms with van der Waals surface area (Å²) in [5, 5.41) is 2.70. The molecule has 152 valence electrons. The first-order valence-corrected chi connectivity index (χ1v) is 9.91. The number of aryl methyl sites for hydroxylation is 1. The predicted molar refractivity (Wildman–Crippen MR) is 106 cm³/mol. The minimum atomic E-state index is -0.728. The van der Waals surface area contributed by atoms with Gasteiger partial charge in [-0.2, -0.15) is 0 Å². The van der Waals surface area contributed by atoms with Gasteiger partial charge < -0.3 is 19.9 Å². The number of rotatable bonds is 3. The molecule has 0 radical (unpaired) electrons. The van der Waals surface area contributed by atoms with E-state index in [1.165, 1.54) is 4.90 Å². The number of hydrogen-bond donors (Lipinski definition) is 1. The van der Waals surface area contributed by atoms with E-state index in [9.17, 15) is 14.4 Å². The van der Waals surface area contributed by atoms with Crippen LogP contribution in [0.15, 0.2) is 24.3 Å². The number of carbonyl (C=O) groups excluding carboxylic acids is 3. The summed E-state index contributed by atoms with van der Waals surface area (Å²) < 4.78 is 5.31. The summed E-state index contributed by atoms with van der Waals surface area (Å²) in [4.78, 5) is 41.5. The van der Waals surface area contributed by atoms with Gasteiger partial charge >= 0.3 is 6.09 Å². The van der Waals surface area contributed by atoms with Gasteiger partial charge in [-0.15, -0.1) is 0 Å². The van der Waals surface area contributed by atoms with Crippen molar-refractivity contribution >= 4 is 23.6 Å². The molecule has 3 amide bonds. The third-order valence-electron chi connectivity index (χ3n) is 4.99. The minimum Gasteiger partial charge on any atom is -0.444 e. The molecule has 2 aliphatic heterocycles. The summed E-state index contributed by atoms with van der Waals surface area (Å²) in [6.45, 7) is 6.79. The molecule has 0 bridgehead atoms. The molecule has 0 spiro atoms. The first kappa shape index (κ1) is 20.2. The van der Waals surface area contributed by atoms with Gasteiger partial charge in [-0.25, -0.2) is 4.79 Å². The number of anilines is 1. The maximum Gasteiger partial charge on any atom is 0.408 e. The Morgan fingerprint density at radius 1 is 1.18 bits per heavy atom. The number of carbonyl (C=O) groups is 3. The number of alkyl carbamates (subject to hydrolysis) is 1. The summed E-state index contributed by atoms with van der Waals surface area (Å²) in [5.74, 6) is -0.332. The standard InChI is InChI=1S/C21H29N3O4/c1-21(2,3)28-20(27)22-16-11-10-15-8-4-5-9-17(15)24(19(16)26)14-18(25)23-12-6-7-13-23/h4-5,8-9,16H,6-7,10-14H2,1-3H3,(H,22,27). The van der Waals surface area contributed by atoms with E-state index in [2.05, 4.69) is 5.32 Å². The van der Waals surface area contributed by atoms with Gasteiger partial charge in [-0.1, -0.05) is 18.2 Å². The summed E-state index contributed by atoms with van der Waals surface area (Å²) in [6.07, 6.45) is 2.47. The van der Waals surface area contributed by atoms with Crippen LogP contribution in [0.25, 0.3) is 0 Å². The fraction of sp³-hybridized carbons (Fsp3) is 0.571. The third-order valence-corrected chi connectivity index (χ3v) is 4.99. The van der Waals surface area contributed by atoms with Gasteiger partial charge in [0.25, 0.3) is 0 Å². The van der Waals surface area contributed by atoms with E-state index in [-0.39, 0.29) is 18.4 Å². The van der Waals surface area contributed by atoms with E-state index in [1.54, 1.807) is 25.7 Å². The lowest BCUT2D eigenvalue weighted by Gasteiger charge is -2.28. The second kappa shape index (κ2) is 8.20. The van der Waals surface area contributed by atoms with Gasteiger partial charge in [0.15, 0.2) is 0 Å². The van der Waals surface area contributed by atoms with Crippen LogP contribution in [0.4, 0.5) is 10.5 Å². The zero-order chi connectivity index (χ0) is 20.3. The van der Waals surface area contributed by atoms with E-state index in [0.717, 1.165) is 37.2 Å². The van der Waals surface area contributed by atoms with Crippen molar-refractivity contribution in [3.8, 4) is 0 Å². The highest BCUT2D eigenvalue weighted by Crippen LogP contribution is 2.27. The molecular weight excluding hydrogens is 358 g/mol. The lowest BCUT2D eigenvalue weighted by atomic mass is 10.1. The second-order valence-electron chi connectivity index (χ2n) is 8.38. The number of amides is 3. The van der Waals surface area contributed by atoms with E-state index in [0.29, 0.717) is 12.8 Å². The highest BCUT2D eigenvalue weighted by atomic mass is 16.6. The van der Waals surface area contributed by atoms with Crippen molar-refractivity contribution in [2.24, 2.45) is 0 Å². The SMILES string of the molecule is CC(C)(C)OC(=O)NC1CCc2ccccc2N(CC(=O)N2CCCC2)C1=O. The molecule has 1 fully saturated rings. The van der Waals surface area contributed by atoms with Crippen LogP contribution in [-0.2, 0) is 20.7 Å². The Kier molecular flexibility index (Phi) is 5.91. The Labute approximate surface area is 166 Å². The summed E-state index contributed by atoms with van der Waals surface area (Å²) in [5.41, 5.74) is 1.10. The Hall–Kier alpha value is -2.57. The zero-order valence-electron chi connectivity index (χ0n) is 16.9. The Bertz CT molecular complexity index is 750. The van der Waals surface area contributed by atoms with Crippen LogP contribution in [0.1, 0.15) is 45.6 Å². The van der Waals surface area contributed by atoms with Gasteiger partial charge in [0.1, 0.15) is 18.2 Å². The molecule has 1 unspecified atom stereocenters. The van der Waals surface area contributed by atoms with Crippen LogP contribution < -0.4 is 10.2 Å². The molecule has 7 nitrogen and oxygen atoms in total. The molecule has 1 aromatic rings. The topological polar surface area (TPSA) is 79.0 Å². The molecule has 1 saturated heterocycles. The number of likely N-dealkylation sites (tertiary alicyclic amines) is 1. The molecule has 0 aliphatic carbocycles. The van der Waals surface area contributed by atoms with Crippen molar-refractivity contribution in [3.05, 3.63) is 29.8 Å². The van der Waals surface area contributed by atoms with E-state index in [1.807, 2.05) is 24.3 Å². The molecule has 3 rings (SSSR count). The monoisotopic (exact) mass is 387 g/mol. The normalized spacial score (nSPS) is 19.8. The predicted octanol–water partition coefficient (Wildman–Crippen LogP) is 2.48. The fourth-order valence-corrected chi connectivity index (χ4v) is 3.66. The first-order chi connectivity index (χ1) is 13.2.